The number of fused-ring (bicyclic) bond motifs is 1. The zero-order valence-corrected chi connectivity index (χ0v) is 16.3. The second kappa shape index (κ2) is 6.56. The normalized spacial score (nSPS) is 12.0. The molecule has 1 amide bonds. The molecular formula is C21H26N4O. The van der Waals surface area contributed by atoms with Gasteiger partial charge in [0, 0.05) is 17.1 Å². The molecule has 0 aliphatic heterocycles. The maximum Gasteiger partial charge on any atom is 0.257 e. The van der Waals surface area contributed by atoms with Gasteiger partial charge in [-0.25, -0.2) is 9.67 Å². The average Bonchev–Trinajstić information content (AvgIpc) is 2.96. The monoisotopic (exact) mass is 350 g/mol. The predicted octanol–water partition coefficient (Wildman–Crippen LogP) is 4.87. The van der Waals surface area contributed by atoms with Gasteiger partial charge in [-0.2, -0.15) is 5.10 Å². The smallest absolute Gasteiger partial charge is 0.257 e. The van der Waals surface area contributed by atoms with Crippen molar-refractivity contribution in [1.82, 2.24) is 14.8 Å². The van der Waals surface area contributed by atoms with Crippen LogP contribution >= 0.6 is 0 Å². The summed E-state index contributed by atoms with van der Waals surface area (Å²) in [6, 6.07) is 10.0. The van der Waals surface area contributed by atoms with Gasteiger partial charge in [-0.1, -0.05) is 39.0 Å². The summed E-state index contributed by atoms with van der Waals surface area (Å²) in [4.78, 5) is 17.6. The Morgan fingerprint density at radius 2 is 1.88 bits per heavy atom. The molecule has 0 aliphatic carbocycles. The van der Waals surface area contributed by atoms with Crippen LogP contribution in [0.2, 0.25) is 0 Å². The van der Waals surface area contributed by atoms with E-state index in [9.17, 15) is 4.79 Å². The van der Waals surface area contributed by atoms with Crippen LogP contribution in [-0.4, -0.2) is 20.7 Å². The van der Waals surface area contributed by atoms with Crippen LogP contribution in [0.1, 0.15) is 62.3 Å². The molecule has 0 unspecified atom stereocenters. The largest absolute Gasteiger partial charge is 0.322 e. The first-order valence-electron chi connectivity index (χ1n) is 8.94. The predicted molar refractivity (Wildman–Crippen MR) is 106 cm³/mol. The summed E-state index contributed by atoms with van der Waals surface area (Å²) in [5.74, 6) is -0.147. The lowest BCUT2D eigenvalue weighted by Gasteiger charge is -2.23. The molecule has 0 aliphatic rings. The number of amides is 1. The number of para-hydroxylation sites is 1. The highest BCUT2D eigenvalue weighted by Crippen LogP contribution is 2.30. The Bertz CT molecular complexity index is 964. The average molecular weight is 350 g/mol. The number of carbonyl (C=O) groups is 1. The Kier molecular flexibility index (Phi) is 4.57. The van der Waals surface area contributed by atoms with Gasteiger partial charge in [-0.3, -0.25) is 4.79 Å². The van der Waals surface area contributed by atoms with Gasteiger partial charge in [0.15, 0.2) is 5.65 Å². The van der Waals surface area contributed by atoms with Crippen molar-refractivity contribution in [3.8, 4) is 0 Å². The van der Waals surface area contributed by atoms with Gasteiger partial charge in [0.25, 0.3) is 5.91 Å². The first-order valence-corrected chi connectivity index (χ1v) is 8.94. The molecule has 5 heteroatoms. The van der Waals surface area contributed by atoms with E-state index >= 15 is 0 Å². The SMILES string of the molecule is Cc1nc2c(cnn2C(C)C)cc1C(=O)Nc1ccccc1C(C)(C)C. The number of hydrogen-bond donors (Lipinski definition) is 1. The van der Waals surface area contributed by atoms with Crippen LogP contribution < -0.4 is 5.32 Å². The van der Waals surface area contributed by atoms with Crippen LogP contribution in [0.25, 0.3) is 11.0 Å². The standard InChI is InChI=1S/C21H26N4O/c1-13(2)25-19-15(12-22-25)11-16(14(3)23-19)20(26)24-18-10-8-7-9-17(18)21(4,5)6/h7-13H,1-6H3,(H,24,26). The molecule has 0 atom stereocenters. The van der Waals surface area contributed by atoms with E-state index in [0.717, 1.165) is 22.3 Å². The number of hydrogen-bond acceptors (Lipinski definition) is 3. The number of nitrogens with one attached hydrogen (secondary N) is 1. The van der Waals surface area contributed by atoms with Crippen LogP contribution in [0.15, 0.2) is 36.5 Å². The van der Waals surface area contributed by atoms with E-state index in [2.05, 4.69) is 56.1 Å². The quantitative estimate of drug-likeness (QED) is 0.733. The highest BCUT2D eigenvalue weighted by atomic mass is 16.1. The van der Waals surface area contributed by atoms with Gasteiger partial charge in [0.1, 0.15) is 0 Å². The third-order valence-corrected chi connectivity index (χ3v) is 4.48. The van der Waals surface area contributed by atoms with Crippen LogP contribution in [0.4, 0.5) is 5.69 Å². The minimum Gasteiger partial charge on any atom is -0.322 e. The van der Waals surface area contributed by atoms with Gasteiger partial charge in [0.2, 0.25) is 0 Å². The first-order chi connectivity index (χ1) is 12.2. The van der Waals surface area contributed by atoms with Gasteiger partial charge >= 0.3 is 0 Å². The van der Waals surface area contributed by atoms with Crippen LogP contribution in [0.5, 0.6) is 0 Å². The number of aryl methyl sites for hydroxylation is 1. The molecule has 1 aromatic carbocycles. The second-order valence-electron chi connectivity index (χ2n) is 7.97. The molecule has 0 bridgehead atoms. The summed E-state index contributed by atoms with van der Waals surface area (Å²) in [6.07, 6.45) is 1.77. The summed E-state index contributed by atoms with van der Waals surface area (Å²) in [5, 5.41) is 8.33. The highest BCUT2D eigenvalue weighted by Gasteiger charge is 2.20. The molecule has 0 saturated carbocycles. The molecule has 136 valence electrons. The van der Waals surface area contributed by atoms with Crippen molar-refractivity contribution in [1.29, 1.82) is 0 Å². The van der Waals surface area contributed by atoms with E-state index in [1.165, 1.54) is 0 Å². The molecule has 0 fully saturated rings. The summed E-state index contributed by atoms with van der Waals surface area (Å²) in [6.45, 7) is 12.4. The van der Waals surface area contributed by atoms with Crippen molar-refractivity contribution in [3.63, 3.8) is 0 Å². The third kappa shape index (κ3) is 3.34. The summed E-state index contributed by atoms with van der Waals surface area (Å²) in [5.41, 5.74) is 3.97. The molecule has 5 nitrogen and oxygen atoms in total. The molecule has 3 rings (SSSR count). The Morgan fingerprint density at radius 1 is 1.19 bits per heavy atom. The summed E-state index contributed by atoms with van der Waals surface area (Å²) >= 11 is 0. The Balaban J connectivity index is 1.98. The lowest BCUT2D eigenvalue weighted by Crippen LogP contribution is -2.19. The van der Waals surface area contributed by atoms with Crippen molar-refractivity contribution in [3.05, 3.63) is 53.3 Å². The van der Waals surface area contributed by atoms with Crippen molar-refractivity contribution in [2.24, 2.45) is 0 Å². The molecule has 0 saturated heterocycles. The molecular weight excluding hydrogens is 324 g/mol. The summed E-state index contributed by atoms with van der Waals surface area (Å²) < 4.78 is 1.87. The molecule has 3 aromatic rings. The minimum absolute atomic E-state index is 0.0560. The molecule has 2 aromatic heterocycles. The van der Waals surface area contributed by atoms with E-state index < -0.39 is 0 Å². The zero-order valence-electron chi connectivity index (χ0n) is 16.3. The maximum absolute atomic E-state index is 12.9. The molecule has 2 heterocycles. The van der Waals surface area contributed by atoms with Crippen LogP contribution in [-0.2, 0) is 5.41 Å². The van der Waals surface area contributed by atoms with Gasteiger partial charge in [-0.05, 0) is 43.9 Å². The van der Waals surface area contributed by atoms with Crippen LogP contribution in [0, 0.1) is 6.92 Å². The van der Waals surface area contributed by atoms with Gasteiger partial charge < -0.3 is 5.32 Å². The Labute approximate surface area is 154 Å². The molecule has 0 spiro atoms. The van der Waals surface area contributed by atoms with E-state index in [1.807, 2.05) is 35.9 Å². The zero-order chi connectivity index (χ0) is 19.1. The number of pyridine rings is 1. The van der Waals surface area contributed by atoms with Crippen molar-refractivity contribution in [2.45, 2.75) is 53.0 Å². The fourth-order valence-corrected chi connectivity index (χ4v) is 3.11. The Morgan fingerprint density at radius 3 is 2.54 bits per heavy atom. The number of carbonyl (C=O) groups excluding carboxylic acids is 1. The molecule has 1 N–H and O–H groups in total. The maximum atomic E-state index is 12.9. The topological polar surface area (TPSA) is 59.8 Å². The van der Waals surface area contributed by atoms with E-state index in [0.29, 0.717) is 11.3 Å². The van der Waals surface area contributed by atoms with E-state index in [4.69, 9.17) is 0 Å². The Hall–Kier alpha value is -2.69. The second-order valence-corrected chi connectivity index (χ2v) is 7.97. The first kappa shape index (κ1) is 18.1. The fourth-order valence-electron chi connectivity index (χ4n) is 3.11. The van der Waals surface area contributed by atoms with Crippen molar-refractivity contribution in [2.75, 3.05) is 5.32 Å². The summed E-state index contributed by atoms with van der Waals surface area (Å²) in [7, 11) is 0. The van der Waals surface area contributed by atoms with Gasteiger partial charge in [0.05, 0.1) is 17.5 Å². The highest BCUT2D eigenvalue weighted by molar-refractivity contribution is 6.07. The number of nitrogens with zero attached hydrogens (tertiary/aromatic N) is 3. The molecule has 26 heavy (non-hydrogen) atoms. The lowest BCUT2D eigenvalue weighted by atomic mass is 9.86. The van der Waals surface area contributed by atoms with Crippen LogP contribution in [0.3, 0.4) is 0 Å². The van der Waals surface area contributed by atoms with Gasteiger partial charge in [-0.15, -0.1) is 0 Å². The third-order valence-electron chi connectivity index (χ3n) is 4.48. The minimum atomic E-state index is -0.147. The number of anilines is 1. The van der Waals surface area contributed by atoms with E-state index in [-0.39, 0.29) is 17.4 Å². The number of benzene rings is 1. The van der Waals surface area contributed by atoms with E-state index in [1.54, 1.807) is 6.20 Å². The molecule has 0 radical (unpaired) electrons. The lowest BCUT2D eigenvalue weighted by molar-refractivity contribution is 0.102. The fraction of sp³-hybridized carbons (Fsp3) is 0.381. The number of aromatic nitrogens is 3. The van der Waals surface area contributed by atoms with Crippen molar-refractivity contribution >= 4 is 22.6 Å². The number of rotatable bonds is 3. The van der Waals surface area contributed by atoms with Crippen molar-refractivity contribution < 1.29 is 4.79 Å².